The molecular formula is C14H18F2O. The van der Waals surface area contributed by atoms with Gasteiger partial charge in [-0.3, -0.25) is 0 Å². The Kier molecular flexibility index (Phi) is 3.21. The smallest absolute Gasteiger partial charge is 0.126 e. The van der Waals surface area contributed by atoms with Crippen LogP contribution in [0.4, 0.5) is 8.78 Å². The van der Waals surface area contributed by atoms with Gasteiger partial charge in [0.2, 0.25) is 0 Å². The van der Waals surface area contributed by atoms with E-state index in [0.29, 0.717) is 30.2 Å². The normalized spacial score (nSPS) is 33.7. The van der Waals surface area contributed by atoms with E-state index in [1.165, 1.54) is 12.1 Å². The fourth-order valence-electron chi connectivity index (χ4n) is 3.15. The van der Waals surface area contributed by atoms with Crippen molar-refractivity contribution in [2.45, 2.75) is 38.7 Å². The van der Waals surface area contributed by atoms with Crippen LogP contribution in [-0.4, -0.2) is 5.11 Å². The molecule has 1 aliphatic rings. The van der Waals surface area contributed by atoms with Gasteiger partial charge < -0.3 is 5.11 Å². The maximum atomic E-state index is 13.2. The van der Waals surface area contributed by atoms with E-state index in [1.807, 2.05) is 0 Å². The highest BCUT2D eigenvalue weighted by molar-refractivity contribution is 5.25. The van der Waals surface area contributed by atoms with E-state index in [0.717, 1.165) is 12.5 Å². The van der Waals surface area contributed by atoms with Crippen molar-refractivity contribution in [1.82, 2.24) is 0 Å². The van der Waals surface area contributed by atoms with Gasteiger partial charge in [0, 0.05) is 6.07 Å². The molecule has 0 saturated heterocycles. The molecular weight excluding hydrogens is 222 g/mol. The van der Waals surface area contributed by atoms with Crippen LogP contribution in [0.2, 0.25) is 0 Å². The zero-order chi connectivity index (χ0) is 12.6. The lowest BCUT2D eigenvalue weighted by Gasteiger charge is -2.39. The largest absolute Gasteiger partial charge is 0.385 e. The molecule has 1 fully saturated rings. The van der Waals surface area contributed by atoms with E-state index in [1.54, 1.807) is 0 Å². The Balaban J connectivity index is 2.36. The highest BCUT2D eigenvalue weighted by atomic mass is 19.1. The SMILES string of the molecule is CC1CC(C)CC(O)(c2cc(F)cc(F)c2)C1. The molecule has 2 atom stereocenters. The molecule has 0 aliphatic heterocycles. The van der Waals surface area contributed by atoms with Gasteiger partial charge in [0.05, 0.1) is 5.60 Å². The summed E-state index contributed by atoms with van der Waals surface area (Å²) >= 11 is 0. The molecule has 2 unspecified atom stereocenters. The number of rotatable bonds is 1. The van der Waals surface area contributed by atoms with Crippen LogP contribution in [0, 0.1) is 23.5 Å². The molecule has 3 heteroatoms. The average Bonchev–Trinajstić information content (AvgIpc) is 2.13. The van der Waals surface area contributed by atoms with Gasteiger partial charge in [-0.25, -0.2) is 8.78 Å². The van der Waals surface area contributed by atoms with Crippen molar-refractivity contribution in [3.05, 3.63) is 35.4 Å². The number of hydrogen-bond acceptors (Lipinski definition) is 1. The standard InChI is InChI=1S/C14H18F2O/c1-9-3-10(2)8-14(17,7-9)11-4-12(15)6-13(16)5-11/h4-6,9-10,17H,3,7-8H2,1-2H3. The van der Waals surface area contributed by atoms with Crippen LogP contribution in [-0.2, 0) is 5.60 Å². The molecule has 17 heavy (non-hydrogen) atoms. The molecule has 2 rings (SSSR count). The molecule has 0 aromatic heterocycles. The van der Waals surface area contributed by atoms with E-state index in [2.05, 4.69) is 13.8 Å². The maximum Gasteiger partial charge on any atom is 0.126 e. The minimum Gasteiger partial charge on any atom is -0.385 e. The van der Waals surface area contributed by atoms with Crippen molar-refractivity contribution in [3.63, 3.8) is 0 Å². The van der Waals surface area contributed by atoms with Crippen LogP contribution >= 0.6 is 0 Å². The first kappa shape index (κ1) is 12.5. The van der Waals surface area contributed by atoms with Crippen LogP contribution in [0.25, 0.3) is 0 Å². The van der Waals surface area contributed by atoms with Gasteiger partial charge in [-0.1, -0.05) is 13.8 Å². The summed E-state index contributed by atoms with van der Waals surface area (Å²) in [6, 6.07) is 3.32. The van der Waals surface area contributed by atoms with E-state index in [-0.39, 0.29) is 0 Å². The lowest BCUT2D eigenvalue weighted by molar-refractivity contribution is -0.0367. The van der Waals surface area contributed by atoms with Gasteiger partial charge in [0.1, 0.15) is 11.6 Å². The molecule has 1 aliphatic carbocycles. The number of aliphatic hydroxyl groups is 1. The molecule has 0 bridgehead atoms. The van der Waals surface area contributed by atoms with Crippen molar-refractivity contribution in [1.29, 1.82) is 0 Å². The van der Waals surface area contributed by atoms with E-state index in [4.69, 9.17) is 0 Å². The summed E-state index contributed by atoms with van der Waals surface area (Å²) in [6.07, 6.45) is 2.20. The quantitative estimate of drug-likeness (QED) is 0.795. The van der Waals surface area contributed by atoms with Gasteiger partial charge in [0.15, 0.2) is 0 Å². The van der Waals surface area contributed by atoms with E-state index in [9.17, 15) is 13.9 Å². The zero-order valence-electron chi connectivity index (χ0n) is 10.2. The first-order chi connectivity index (χ1) is 7.89. The molecule has 0 amide bonds. The van der Waals surface area contributed by atoms with Crippen LogP contribution in [0.15, 0.2) is 18.2 Å². The Bertz CT molecular complexity index is 386. The minimum absolute atomic E-state index is 0.369. The lowest BCUT2D eigenvalue weighted by Crippen LogP contribution is -2.35. The number of hydrogen-bond donors (Lipinski definition) is 1. The molecule has 0 radical (unpaired) electrons. The minimum atomic E-state index is -1.08. The summed E-state index contributed by atoms with van der Waals surface area (Å²) in [6.45, 7) is 4.13. The third-order valence-corrected chi connectivity index (χ3v) is 3.58. The van der Waals surface area contributed by atoms with Crippen molar-refractivity contribution in [2.75, 3.05) is 0 Å². The van der Waals surface area contributed by atoms with Crippen molar-refractivity contribution in [2.24, 2.45) is 11.8 Å². The zero-order valence-corrected chi connectivity index (χ0v) is 10.2. The van der Waals surface area contributed by atoms with Gasteiger partial charge >= 0.3 is 0 Å². The molecule has 0 heterocycles. The fraction of sp³-hybridized carbons (Fsp3) is 0.571. The summed E-state index contributed by atoms with van der Waals surface area (Å²) in [5.74, 6) is -0.510. The van der Waals surface area contributed by atoms with Crippen molar-refractivity contribution in [3.8, 4) is 0 Å². The monoisotopic (exact) mass is 240 g/mol. The summed E-state index contributed by atoms with van der Waals surface area (Å²) in [4.78, 5) is 0. The summed E-state index contributed by atoms with van der Waals surface area (Å²) < 4.78 is 26.4. The second kappa shape index (κ2) is 4.37. The van der Waals surface area contributed by atoms with Crippen LogP contribution in [0.5, 0.6) is 0 Å². The number of halogens is 2. The van der Waals surface area contributed by atoms with Crippen LogP contribution < -0.4 is 0 Å². The van der Waals surface area contributed by atoms with Crippen molar-refractivity contribution >= 4 is 0 Å². The Hall–Kier alpha value is -0.960. The van der Waals surface area contributed by atoms with Crippen molar-refractivity contribution < 1.29 is 13.9 Å². The predicted molar refractivity (Wildman–Crippen MR) is 62.4 cm³/mol. The molecule has 1 aromatic carbocycles. The molecule has 94 valence electrons. The average molecular weight is 240 g/mol. The Morgan fingerprint density at radius 3 is 2.00 bits per heavy atom. The predicted octanol–water partition coefficient (Wildman–Crippen LogP) is 3.61. The van der Waals surface area contributed by atoms with Gasteiger partial charge in [-0.2, -0.15) is 0 Å². The molecule has 1 nitrogen and oxygen atoms in total. The maximum absolute atomic E-state index is 13.2. The summed E-state index contributed by atoms with van der Waals surface area (Å²) in [7, 11) is 0. The first-order valence-electron chi connectivity index (χ1n) is 6.08. The number of benzene rings is 1. The van der Waals surface area contributed by atoms with Gasteiger partial charge in [0.25, 0.3) is 0 Å². The van der Waals surface area contributed by atoms with E-state index >= 15 is 0 Å². The Labute approximate surface area is 100 Å². The third kappa shape index (κ3) is 2.65. The highest BCUT2D eigenvalue weighted by Crippen LogP contribution is 2.42. The molecule has 0 spiro atoms. The topological polar surface area (TPSA) is 20.2 Å². The highest BCUT2D eigenvalue weighted by Gasteiger charge is 2.37. The second-order valence-corrected chi connectivity index (χ2v) is 5.54. The fourth-order valence-corrected chi connectivity index (χ4v) is 3.15. The molecule has 1 aromatic rings. The van der Waals surface area contributed by atoms with Gasteiger partial charge in [-0.15, -0.1) is 0 Å². The molecule has 1 saturated carbocycles. The van der Waals surface area contributed by atoms with Gasteiger partial charge in [-0.05, 0) is 48.8 Å². The van der Waals surface area contributed by atoms with Crippen LogP contribution in [0.3, 0.4) is 0 Å². The third-order valence-electron chi connectivity index (χ3n) is 3.58. The Morgan fingerprint density at radius 1 is 1.06 bits per heavy atom. The summed E-state index contributed by atoms with van der Waals surface area (Å²) in [5, 5.41) is 10.6. The van der Waals surface area contributed by atoms with Crippen LogP contribution in [0.1, 0.15) is 38.7 Å². The van der Waals surface area contributed by atoms with E-state index < -0.39 is 17.2 Å². The summed E-state index contributed by atoms with van der Waals surface area (Å²) in [5.41, 5.74) is -0.714. The Morgan fingerprint density at radius 2 is 1.53 bits per heavy atom. The second-order valence-electron chi connectivity index (χ2n) is 5.54. The lowest BCUT2D eigenvalue weighted by atomic mass is 9.71. The molecule has 1 N–H and O–H groups in total. The first-order valence-corrected chi connectivity index (χ1v) is 6.08.